The van der Waals surface area contributed by atoms with Crippen LogP contribution in [0.3, 0.4) is 0 Å². The molecule has 0 aromatic rings. The molecule has 0 aromatic carbocycles. The van der Waals surface area contributed by atoms with E-state index in [1.807, 2.05) is 0 Å². The summed E-state index contributed by atoms with van der Waals surface area (Å²) in [5, 5.41) is 8.68. The topological polar surface area (TPSA) is 71.4 Å². The Morgan fingerprint density at radius 1 is 1.17 bits per heavy atom. The molecule has 0 radical (unpaired) electrons. The van der Waals surface area contributed by atoms with Gasteiger partial charge in [-0.05, 0) is 26.2 Å². The lowest BCUT2D eigenvalue weighted by Crippen LogP contribution is -2.03. The summed E-state index contributed by atoms with van der Waals surface area (Å²) in [5.74, 6) is -1.03. The zero-order valence-corrected chi connectivity index (χ0v) is 10.9. The molecule has 1 atom stereocenters. The van der Waals surface area contributed by atoms with Crippen LogP contribution in [0, 0.1) is 5.92 Å². The van der Waals surface area contributed by atoms with E-state index in [2.05, 4.69) is 0 Å². The predicted octanol–water partition coefficient (Wildman–Crippen LogP) is 2.76. The van der Waals surface area contributed by atoms with Gasteiger partial charge in [-0.3, -0.25) is 0 Å². The van der Waals surface area contributed by atoms with Crippen molar-refractivity contribution < 1.29 is 19.5 Å². The molecule has 0 rings (SSSR count). The van der Waals surface area contributed by atoms with Gasteiger partial charge in [0.15, 0.2) is 0 Å². The third-order valence-electron chi connectivity index (χ3n) is 2.90. The highest BCUT2D eigenvalue weighted by atomic mass is 16.4. The molecule has 0 spiro atoms. The van der Waals surface area contributed by atoms with E-state index in [-0.39, 0.29) is 11.5 Å². The minimum absolute atomic E-state index is 0.0922. The van der Waals surface area contributed by atoms with Crippen LogP contribution in [-0.4, -0.2) is 23.6 Å². The van der Waals surface area contributed by atoms with Gasteiger partial charge in [0, 0.05) is 17.9 Å². The van der Waals surface area contributed by atoms with Crippen LogP contribution in [-0.2, 0) is 14.4 Å². The number of carboxylic acids is 1. The van der Waals surface area contributed by atoms with Gasteiger partial charge in [-0.1, -0.05) is 25.3 Å². The van der Waals surface area contributed by atoms with E-state index in [0.717, 1.165) is 44.7 Å². The maximum absolute atomic E-state index is 10.8. The number of carbonyl (C=O) groups is 3. The third-order valence-corrected chi connectivity index (χ3v) is 2.90. The molecule has 0 aromatic heterocycles. The van der Waals surface area contributed by atoms with Gasteiger partial charge in [0.25, 0.3) is 0 Å². The normalized spacial score (nSPS) is 13.1. The molecule has 102 valence electrons. The molecule has 0 amide bonds. The summed E-state index contributed by atoms with van der Waals surface area (Å²) in [4.78, 5) is 31.5. The van der Waals surface area contributed by atoms with Crippen molar-refractivity contribution in [2.24, 2.45) is 5.92 Å². The van der Waals surface area contributed by atoms with E-state index in [9.17, 15) is 14.4 Å². The molecule has 1 N–H and O–H groups in total. The van der Waals surface area contributed by atoms with Crippen molar-refractivity contribution in [1.29, 1.82) is 0 Å². The van der Waals surface area contributed by atoms with Gasteiger partial charge in [-0.15, -0.1) is 0 Å². The van der Waals surface area contributed by atoms with Crippen molar-refractivity contribution in [3.8, 4) is 0 Å². The largest absolute Gasteiger partial charge is 0.478 e. The van der Waals surface area contributed by atoms with E-state index in [1.54, 1.807) is 6.08 Å². The highest BCUT2D eigenvalue weighted by Crippen LogP contribution is 2.14. The molecular weight excluding hydrogens is 232 g/mol. The number of aldehydes is 2. The Morgan fingerprint density at radius 2 is 1.83 bits per heavy atom. The summed E-state index contributed by atoms with van der Waals surface area (Å²) in [7, 11) is 0. The van der Waals surface area contributed by atoms with Gasteiger partial charge < -0.3 is 14.7 Å². The van der Waals surface area contributed by atoms with Crippen molar-refractivity contribution >= 4 is 18.5 Å². The van der Waals surface area contributed by atoms with Crippen molar-refractivity contribution in [1.82, 2.24) is 0 Å². The Labute approximate surface area is 108 Å². The van der Waals surface area contributed by atoms with Crippen LogP contribution in [0.4, 0.5) is 0 Å². The quantitative estimate of drug-likeness (QED) is 0.349. The van der Waals surface area contributed by atoms with E-state index in [0.29, 0.717) is 12.8 Å². The van der Waals surface area contributed by atoms with Crippen LogP contribution in [0.2, 0.25) is 0 Å². The van der Waals surface area contributed by atoms with E-state index in [4.69, 9.17) is 5.11 Å². The van der Waals surface area contributed by atoms with Crippen LogP contribution in [0.5, 0.6) is 0 Å². The second kappa shape index (κ2) is 10.7. The van der Waals surface area contributed by atoms with Crippen molar-refractivity contribution in [2.45, 2.75) is 51.9 Å². The van der Waals surface area contributed by atoms with Gasteiger partial charge in [-0.2, -0.15) is 0 Å². The zero-order valence-electron chi connectivity index (χ0n) is 10.9. The van der Waals surface area contributed by atoms with E-state index >= 15 is 0 Å². The smallest absolute Gasteiger partial charge is 0.330 e. The number of hydrogen-bond acceptors (Lipinski definition) is 3. The first kappa shape index (κ1) is 16.6. The second-order valence-electron chi connectivity index (χ2n) is 4.48. The minimum atomic E-state index is -0.937. The molecule has 0 saturated carbocycles. The summed E-state index contributed by atoms with van der Waals surface area (Å²) in [6.07, 6.45) is 9.20. The van der Waals surface area contributed by atoms with Crippen molar-refractivity contribution in [3.63, 3.8) is 0 Å². The van der Waals surface area contributed by atoms with Gasteiger partial charge in [0.05, 0.1) is 0 Å². The molecule has 4 heteroatoms. The Kier molecular flexibility index (Phi) is 9.83. The summed E-state index contributed by atoms with van der Waals surface area (Å²) < 4.78 is 0. The first-order chi connectivity index (χ1) is 8.61. The molecule has 0 saturated heterocycles. The summed E-state index contributed by atoms with van der Waals surface area (Å²) in [5.41, 5.74) is 0.285. The first-order valence-corrected chi connectivity index (χ1v) is 6.40. The summed E-state index contributed by atoms with van der Waals surface area (Å²) in [6.45, 7) is 1.53. The molecule has 18 heavy (non-hydrogen) atoms. The van der Waals surface area contributed by atoms with Gasteiger partial charge in [0.1, 0.15) is 12.6 Å². The van der Waals surface area contributed by atoms with Gasteiger partial charge in [0.2, 0.25) is 0 Å². The molecule has 1 unspecified atom stereocenters. The predicted molar refractivity (Wildman–Crippen MR) is 69.3 cm³/mol. The molecule has 0 heterocycles. The fourth-order valence-electron chi connectivity index (χ4n) is 1.64. The third kappa shape index (κ3) is 8.67. The lowest BCUT2D eigenvalue weighted by molar-refractivity contribution is -0.132. The Morgan fingerprint density at radius 3 is 2.39 bits per heavy atom. The number of rotatable bonds is 11. The molecule has 0 aliphatic heterocycles. The van der Waals surface area contributed by atoms with E-state index in [1.165, 1.54) is 6.92 Å². The molecular formula is C14H22O4. The lowest BCUT2D eigenvalue weighted by Gasteiger charge is -2.07. The van der Waals surface area contributed by atoms with Crippen LogP contribution in [0.15, 0.2) is 11.6 Å². The molecule has 0 bridgehead atoms. The number of carboxylic acid groups (broad SMARTS) is 1. The van der Waals surface area contributed by atoms with Crippen molar-refractivity contribution in [3.05, 3.63) is 11.6 Å². The number of carbonyl (C=O) groups excluding carboxylic acids is 2. The average Bonchev–Trinajstić information content (AvgIpc) is 2.36. The maximum Gasteiger partial charge on any atom is 0.330 e. The number of unbranched alkanes of at least 4 members (excludes halogenated alkanes) is 4. The summed E-state index contributed by atoms with van der Waals surface area (Å²) in [6, 6.07) is 0. The lowest BCUT2D eigenvalue weighted by atomic mass is 9.97. The standard InChI is InChI=1S/C14H22O4/c1-12(14(17)18)8-9-13(11-16)7-5-3-2-4-6-10-15/h8,10-11,13H,2-7,9H2,1H3,(H,17,18). The number of hydrogen-bond donors (Lipinski definition) is 1. The Hall–Kier alpha value is -1.45. The zero-order chi connectivity index (χ0) is 13.8. The van der Waals surface area contributed by atoms with Crippen LogP contribution in [0.1, 0.15) is 51.9 Å². The fourth-order valence-corrected chi connectivity index (χ4v) is 1.64. The monoisotopic (exact) mass is 254 g/mol. The molecule has 4 nitrogen and oxygen atoms in total. The van der Waals surface area contributed by atoms with Crippen LogP contribution < -0.4 is 0 Å². The van der Waals surface area contributed by atoms with Crippen LogP contribution in [0.25, 0.3) is 0 Å². The van der Waals surface area contributed by atoms with Crippen molar-refractivity contribution in [2.75, 3.05) is 0 Å². The maximum atomic E-state index is 10.8. The summed E-state index contributed by atoms with van der Waals surface area (Å²) >= 11 is 0. The minimum Gasteiger partial charge on any atom is -0.478 e. The second-order valence-corrected chi connectivity index (χ2v) is 4.48. The number of aliphatic carboxylic acids is 1. The van der Waals surface area contributed by atoms with Crippen LogP contribution >= 0.6 is 0 Å². The molecule has 0 aliphatic rings. The number of allylic oxidation sites excluding steroid dienone is 1. The first-order valence-electron chi connectivity index (χ1n) is 6.40. The molecule has 0 fully saturated rings. The highest BCUT2D eigenvalue weighted by molar-refractivity contribution is 5.85. The highest BCUT2D eigenvalue weighted by Gasteiger charge is 2.07. The SMILES string of the molecule is CC(=CCC(C=O)CCCCCCC=O)C(=O)O. The van der Waals surface area contributed by atoms with E-state index < -0.39 is 5.97 Å². The Balaban J connectivity index is 3.77. The Bertz CT molecular complexity index is 294. The fraction of sp³-hybridized carbons (Fsp3) is 0.643. The average molecular weight is 254 g/mol. The molecule has 0 aliphatic carbocycles. The van der Waals surface area contributed by atoms with Gasteiger partial charge in [-0.25, -0.2) is 4.79 Å². The van der Waals surface area contributed by atoms with Gasteiger partial charge >= 0.3 is 5.97 Å².